The molecule has 3 nitrogen and oxygen atoms in total. The lowest BCUT2D eigenvalue weighted by molar-refractivity contribution is -0.123. The van der Waals surface area contributed by atoms with Crippen LogP contribution in [0, 0.1) is 6.92 Å². The van der Waals surface area contributed by atoms with Gasteiger partial charge in [-0.3, -0.25) is 4.79 Å². The number of hydrogen-bond donors (Lipinski definition) is 1. The molecule has 3 heteroatoms. The summed E-state index contributed by atoms with van der Waals surface area (Å²) in [6.07, 6.45) is 0. The Morgan fingerprint density at radius 2 is 1.78 bits per heavy atom. The van der Waals surface area contributed by atoms with E-state index in [9.17, 15) is 4.79 Å². The fourth-order valence-electron chi connectivity index (χ4n) is 2.35. The van der Waals surface area contributed by atoms with Gasteiger partial charge in [0.05, 0.1) is 0 Å². The van der Waals surface area contributed by atoms with Gasteiger partial charge in [-0.15, -0.1) is 0 Å². The molecule has 0 aliphatic carbocycles. The highest BCUT2D eigenvalue weighted by Gasteiger charge is 2.19. The molecular weight excluding hydrogens is 286 g/mol. The second-order valence-corrected chi connectivity index (χ2v) is 6.80. The van der Waals surface area contributed by atoms with Gasteiger partial charge in [-0.05, 0) is 29.5 Å². The van der Waals surface area contributed by atoms with E-state index in [1.165, 1.54) is 5.56 Å². The van der Waals surface area contributed by atoms with Crippen LogP contribution in [0.2, 0.25) is 0 Å². The molecule has 2 rings (SSSR count). The minimum absolute atomic E-state index is 0.0259. The van der Waals surface area contributed by atoms with Crippen molar-refractivity contribution >= 4 is 5.91 Å². The van der Waals surface area contributed by atoms with Gasteiger partial charge in [-0.2, -0.15) is 0 Å². The van der Waals surface area contributed by atoms with Crippen LogP contribution in [-0.4, -0.2) is 12.5 Å². The van der Waals surface area contributed by atoms with E-state index in [2.05, 4.69) is 39.1 Å². The van der Waals surface area contributed by atoms with Crippen LogP contribution in [0.25, 0.3) is 0 Å². The van der Waals surface area contributed by atoms with Crippen molar-refractivity contribution in [1.82, 2.24) is 5.32 Å². The maximum absolute atomic E-state index is 12.0. The summed E-state index contributed by atoms with van der Waals surface area (Å²) in [5.41, 5.74) is 3.36. The predicted molar refractivity (Wildman–Crippen MR) is 93.7 cm³/mol. The van der Waals surface area contributed by atoms with Crippen LogP contribution < -0.4 is 10.1 Å². The summed E-state index contributed by atoms with van der Waals surface area (Å²) in [5, 5.41) is 2.87. The quantitative estimate of drug-likeness (QED) is 0.907. The van der Waals surface area contributed by atoms with Crippen molar-refractivity contribution < 1.29 is 9.53 Å². The Kier molecular flexibility index (Phi) is 5.43. The molecule has 122 valence electrons. The monoisotopic (exact) mass is 311 g/mol. The molecule has 0 saturated heterocycles. The highest BCUT2D eigenvalue weighted by molar-refractivity contribution is 5.77. The van der Waals surface area contributed by atoms with Crippen LogP contribution in [-0.2, 0) is 16.8 Å². The second kappa shape index (κ2) is 7.32. The standard InChI is InChI=1S/C20H25NO2/c1-15-10-11-18(17(12-15)20(2,3)4)23-14-19(22)21-13-16-8-6-5-7-9-16/h5-12H,13-14H2,1-4H3,(H,21,22). The van der Waals surface area contributed by atoms with Gasteiger partial charge >= 0.3 is 0 Å². The van der Waals surface area contributed by atoms with E-state index in [4.69, 9.17) is 4.74 Å². The summed E-state index contributed by atoms with van der Waals surface area (Å²) in [6, 6.07) is 15.9. The Bertz CT molecular complexity index is 657. The molecule has 0 spiro atoms. The zero-order valence-corrected chi connectivity index (χ0v) is 14.3. The van der Waals surface area contributed by atoms with Crippen molar-refractivity contribution in [2.45, 2.75) is 39.7 Å². The first-order chi connectivity index (χ1) is 10.9. The highest BCUT2D eigenvalue weighted by atomic mass is 16.5. The summed E-state index contributed by atoms with van der Waals surface area (Å²) in [5.74, 6) is 0.659. The summed E-state index contributed by atoms with van der Waals surface area (Å²) < 4.78 is 5.76. The van der Waals surface area contributed by atoms with E-state index >= 15 is 0 Å². The Morgan fingerprint density at radius 3 is 2.43 bits per heavy atom. The average molecular weight is 311 g/mol. The maximum Gasteiger partial charge on any atom is 0.258 e. The smallest absolute Gasteiger partial charge is 0.258 e. The number of nitrogens with one attached hydrogen (secondary N) is 1. The van der Waals surface area contributed by atoms with Crippen molar-refractivity contribution in [2.24, 2.45) is 0 Å². The first-order valence-corrected chi connectivity index (χ1v) is 7.91. The third kappa shape index (κ3) is 5.13. The van der Waals surface area contributed by atoms with E-state index in [0.29, 0.717) is 6.54 Å². The van der Waals surface area contributed by atoms with Gasteiger partial charge < -0.3 is 10.1 Å². The Balaban J connectivity index is 1.94. The molecule has 0 aliphatic heterocycles. The number of ether oxygens (including phenoxy) is 1. The molecule has 0 unspecified atom stereocenters. The third-order valence-electron chi connectivity index (χ3n) is 3.63. The van der Waals surface area contributed by atoms with E-state index < -0.39 is 0 Å². The van der Waals surface area contributed by atoms with Gasteiger partial charge in [0, 0.05) is 6.54 Å². The molecule has 1 amide bonds. The lowest BCUT2D eigenvalue weighted by Crippen LogP contribution is -2.29. The number of carbonyl (C=O) groups is 1. The molecule has 0 saturated carbocycles. The molecule has 0 atom stereocenters. The normalized spacial score (nSPS) is 11.1. The summed E-state index contributed by atoms with van der Waals surface area (Å²) >= 11 is 0. The van der Waals surface area contributed by atoms with Gasteiger partial charge in [0.2, 0.25) is 0 Å². The van der Waals surface area contributed by atoms with Gasteiger partial charge in [0.1, 0.15) is 5.75 Å². The number of amides is 1. The van der Waals surface area contributed by atoms with Crippen LogP contribution in [0.3, 0.4) is 0 Å². The minimum Gasteiger partial charge on any atom is -0.483 e. The van der Waals surface area contributed by atoms with Crippen molar-refractivity contribution in [3.8, 4) is 5.75 Å². The lowest BCUT2D eigenvalue weighted by Gasteiger charge is -2.23. The zero-order valence-electron chi connectivity index (χ0n) is 14.3. The SMILES string of the molecule is Cc1ccc(OCC(=O)NCc2ccccc2)c(C(C)(C)C)c1. The fourth-order valence-corrected chi connectivity index (χ4v) is 2.35. The van der Waals surface area contributed by atoms with Gasteiger partial charge in [-0.1, -0.05) is 68.8 Å². The first-order valence-electron chi connectivity index (χ1n) is 7.91. The van der Waals surface area contributed by atoms with Crippen LogP contribution in [0.5, 0.6) is 5.75 Å². The number of carbonyl (C=O) groups excluding carboxylic acids is 1. The molecule has 0 aliphatic rings. The van der Waals surface area contributed by atoms with Crippen molar-refractivity contribution in [3.63, 3.8) is 0 Å². The van der Waals surface area contributed by atoms with E-state index in [1.807, 2.05) is 42.5 Å². The molecule has 1 N–H and O–H groups in total. The van der Waals surface area contributed by atoms with Gasteiger partial charge in [0.15, 0.2) is 6.61 Å². The highest BCUT2D eigenvalue weighted by Crippen LogP contribution is 2.32. The molecule has 0 heterocycles. The molecule has 2 aromatic carbocycles. The average Bonchev–Trinajstić information content (AvgIpc) is 2.52. The molecule has 23 heavy (non-hydrogen) atoms. The second-order valence-electron chi connectivity index (χ2n) is 6.80. The van der Waals surface area contributed by atoms with Gasteiger partial charge in [0.25, 0.3) is 5.91 Å². The van der Waals surface area contributed by atoms with Crippen molar-refractivity contribution in [3.05, 3.63) is 65.2 Å². The van der Waals surface area contributed by atoms with E-state index in [0.717, 1.165) is 16.9 Å². The van der Waals surface area contributed by atoms with Crippen LogP contribution >= 0.6 is 0 Å². The zero-order chi connectivity index (χ0) is 16.9. The number of hydrogen-bond acceptors (Lipinski definition) is 2. The molecule has 0 radical (unpaired) electrons. The molecule has 0 bridgehead atoms. The fraction of sp³-hybridized carbons (Fsp3) is 0.350. The summed E-state index contributed by atoms with van der Waals surface area (Å²) in [6.45, 7) is 9.03. The largest absolute Gasteiger partial charge is 0.483 e. The summed E-state index contributed by atoms with van der Waals surface area (Å²) in [7, 11) is 0. The number of aryl methyl sites for hydroxylation is 1. The van der Waals surface area contributed by atoms with Crippen LogP contribution in [0.4, 0.5) is 0 Å². The number of benzene rings is 2. The van der Waals surface area contributed by atoms with E-state index in [-0.39, 0.29) is 17.9 Å². The number of rotatable bonds is 5. The Labute approximate surface area is 138 Å². The molecular formula is C20H25NO2. The lowest BCUT2D eigenvalue weighted by atomic mass is 9.85. The molecule has 0 fully saturated rings. The van der Waals surface area contributed by atoms with E-state index in [1.54, 1.807) is 0 Å². The first kappa shape index (κ1) is 17.1. The Morgan fingerprint density at radius 1 is 1.09 bits per heavy atom. The Hall–Kier alpha value is -2.29. The van der Waals surface area contributed by atoms with Gasteiger partial charge in [-0.25, -0.2) is 0 Å². The minimum atomic E-state index is -0.116. The van der Waals surface area contributed by atoms with Crippen molar-refractivity contribution in [2.75, 3.05) is 6.61 Å². The van der Waals surface area contributed by atoms with Crippen molar-refractivity contribution in [1.29, 1.82) is 0 Å². The third-order valence-corrected chi connectivity index (χ3v) is 3.63. The predicted octanol–water partition coefficient (Wildman–Crippen LogP) is 3.99. The summed E-state index contributed by atoms with van der Waals surface area (Å²) in [4.78, 5) is 12.0. The maximum atomic E-state index is 12.0. The molecule has 0 aromatic heterocycles. The topological polar surface area (TPSA) is 38.3 Å². The van der Waals surface area contributed by atoms with Crippen LogP contribution in [0.15, 0.2) is 48.5 Å². The molecule has 2 aromatic rings. The van der Waals surface area contributed by atoms with Crippen LogP contribution in [0.1, 0.15) is 37.5 Å².